The fraction of sp³-hybridized carbons (Fsp3) is 0.400. The highest BCUT2D eigenvalue weighted by atomic mass is 16.2. The van der Waals surface area contributed by atoms with Gasteiger partial charge in [-0.15, -0.1) is 0 Å². The van der Waals surface area contributed by atoms with Crippen LogP contribution in [0.5, 0.6) is 0 Å². The molecule has 0 aliphatic heterocycles. The average molecular weight is 306 g/mol. The lowest BCUT2D eigenvalue weighted by Gasteiger charge is -2.08. The number of aryl methyl sites for hydroxylation is 1. The molecule has 0 radical (unpaired) electrons. The second-order valence-electron chi connectivity index (χ2n) is 4.68. The summed E-state index contributed by atoms with van der Waals surface area (Å²) in [6.45, 7) is 1.90. The van der Waals surface area contributed by atoms with Crippen molar-refractivity contribution >= 4 is 23.4 Å². The molecule has 0 aromatic heterocycles. The molecular weight excluding hydrogens is 284 g/mol. The Morgan fingerprint density at radius 3 is 1.95 bits per heavy atom. The molecule has 3 amide bonds. The molecule has 7 heteroatoms. The first kappa shape index (κ1) is 17.6. The second kappa shape index (κ2) is 9.51. The summed E-state index contributed by atoms with van der Waals surface area (Å²) in [5.74, 6) is -1.02. The van der Waals surface area contributed by atoms with E-state index in [1.54, 1.807) is 7.05 Å². The highest BCUT2D eigenvalue weighted by Gasteiger charge is 2.07. The molecule has 120 valence electrons. The Bertz CT molecular complexity index is 514. The summed E-state index contributed by atoms with van der Waals surface area (Å²) in [6.07, 6.45) is 0.934. The Morgan fingerprint density at radius 2 is 1.41 bits per heavy atom. The van der Waals surface area contributed by atoms with Gasteiger partial charge in [0, 0.05) is 5.69 Å². The number of carbonyl (C=O) groups excluding carboxylic acids is 3. The second-order valence-corrected chi connectivity index (χ2v) is 4.68. The van der Waals surface area contributed by atoms with Crippen LogP contribution in [0.2, 0.25) is 0 Å². The summed E-state index contributed by atoms with van der Waals surface area (Å²) in [4.78, 5) is 34.3. The monoisotopic (exact) mass is 306 g/mol. The molecule has 7 nitrogen and oxygen atoms in total. The normalized spacial score (nSPS) is 9.91. The van der Waals surface area contributed by atoms with E-state index >= 15 is 0 Å². The van der Waals surface area contributed by atoms with E-state index in [-0.39, 0.29) is 31.4 Å². The predicted molar refractivity (Wildman–Crippen MR) is 84.4 cm³/mol. The summed E-state index contributed by atoms with van der Waals surface area (Å²) < 4.78 is 0. The molecule has 0 bridgehead atoms. The molecule has 0 aliphatic carbocycles. The van der Waals surface area contributed by atoms with Gasteiger partial charge in [-0.05, 0) is 31.2 Å². The fourth-order valence-electron chi connectivity index (χ4n) is 1.67. The first-order valence-corrected chi connectivity index (χ1v) is 7.12. The third-order valence-corrected chi connectivity index (χ3v) is 2.88. The number of anilines is 1. The van der Waals surface area contributed by atoms with E-state index in [2.05, 4.69) is 28.2 Å². The third kappa shape index (κ3) is 6.85. The van der Waals surface area contributed by atoms with Crippen LogP contribution in [0.4, 0.5) is 5.69 Å². The molecule has 22 heavy (non-hydrogen) atoms. The van der Waals surface area contributed by atoms with Gasteiger partial charge in [0.2, 0.25) is 17.7 Å². The largest absolute Gasteiger partial charge is 0.346 e. The first-order chi connectivity index (χ1) is 10.5. The van der Waals surface area contributed by atoms with Gasteiger partial charge in [-0.1, -0.05) is 19.1 Å². The molecule has 0 saturated carbocycles. The number of amides is 3. The van der Waals surface area contributed by atoms with Gasteiger partial charge in [-0.2, -0.15) is 0 Å². The molecule has 0 atom stereocenters. The lowest BCUT2D eigenvalue weighted by Crippen LogP contribution is -2.42. The van der Waals surface area contributed by atoms with Crippen LogP contribution >= 0.6 is 0 Å². The molecule has 4 N–H and O–H groups in total. The first-order valence-electron chi connectivity index (χ1n) is 7.12. The predicted octanol–water partition coefficient (Wildman–Crippen LogP) is -0.361. The van der Waals surface area contributed by atoms with Crippen molar-refractivity contribution in [2.45, 2.75) is 13.3 Å². The molecule has 0 aliphatic rings. The van der Waals surface area contributed by atoms with Crippen LogP contribution in [-0.4, -0.2) is 44.4 Å². The molecule has 1 aromatic carbocycles. The zero-order valence-electron chi connectivity index (χ0n) is 12.9. The van der Waals surface area contributed by atoms with E-state index in [4.69, 9.17) is 0 Å². The van der Waals surface area contributed by atoms with Gasteiger partial charge in [-0.25, -0.2) is 0 Å². The molecule has 0 unspecified atom stereocenters. The SMILES string of the molecule is CCc1ccc(NC(=O)CNC(=O)CNC(=O)CNC)cc1. The number of hydrogen-bond donors (Lipinski definition) is 4. The smallest absolute Gasteiger partial charge is 0.243 e. The zero-order chi connectivity index (χ0) is 16.4. The van der Waals surface area contributed by atoms with Crippen molar-refractivity contribution in [2.75, 3.05) is 32.0 Å². The lowest BCUT2D eigenvalue weighted by atomic mass is 10.1. The van der Waals surface area contributed by atoms with Gasteiger partial charge in [0.05, 0.1) is 19.6 Å². The van der Waals surface area contributed by atoms with Crippen LogP contribution in [0.25, 0.3) is 0 Å². The van der Waals surface area contributed by atoms with Gasteiger partial charge in [-0.3, -0.25) is 14.4 Å². The number of carbonyl (C=O) groups is 3. The van der Waals surface area contributed by atoms with Crippen LogP contribution in [0.15, 0.2) is 24.3 Å². The molecule has 0 spiro atoms. The quantitative estimate of drug-likeness (QED) is 0.527. The van der Waals surface area contributed by atoms with Gasteiger partial charge in [0.25, 0.3) is 0 Å². The lowest BCUT2D eigenvalue weighted by molar-refractivity contribution is -0.126. The summed E-state index contributed by atoms with van der Waals surface area (Å²) in [7, 11) is 1.64. The standard InChI is InChI=1S/C15H22N4O3/c1-3-11-4-6-12(7-5-11)19-15(22)10-18-14(21)9-17-13(20)8-16-2/h4-7,16H,3,8-10H2,1-2H3,(H,17,20)(H,18,21)(H,19,22). The number of rotatable bonds is 8. The van der Waals surface area contributed by atoms with E-state index in [9.17, 15) is 14.4 Å². The van der Waals surface area contributed by atoms with Gasteiger partial charge >= 0.3 is 0 Å². The Labute approximate surface area is 129 Å². The van der Waals surface area contributed by atoms with Crippen molar-refractivity contribution in [3.05, 3.63) is 29.8 Å². The highest BCUT2D eigenvalue weighted by Crippen LogP contribution is 2.09. The molecule has 0 saturated heterocycles. The van der Waals surface area contributed by atoms with Crippen molar-refractivity contribution in [1.29, 1.82) is 0 Å². The minimum atomic E-state index is -0.416. The van der Waals surface area contributed by atoms with Crippen molar-refractivity contribution in [1.82, 2.24) is 16.0 Å². The number of benzene rings is 1. The molecular formula is C15H22N4O3. The summed E-state index contributed by atoms with van der Waals surface area (Å²) in [5, 5.41) is 10.2. The minimum absolute atomic E-state index is 0.140. The fourth-order valence-corrected chi connectivity index (χ4v) is 1.67. The van der Waals surface area contributed by atoms with Crippen molar-refractivity contribution in [3.8, 4) is 0 Å². The van der Waals surface area contributed by atoms with E-state index in [1.165, 1.54) is 5.56 Å². The molecule has 0 heterocycles. The van der Waals surface area contributed by atoms with Crippen molar-refractivity contribution < 1.29 is 14.4 Å². The van der Waals surface area contributed by atoms with Crippen LogP contribution < -0.4 is 21.3 Å². The van der Waals surface area contributed by atoms with Crippen LogP contribution in [-0.2, 0) is 20.8 Å². The zero-order valence-corrected chi connectivity index (χ0v) is 12.9. The van der Waals surface area contributed by atoms with E-state index in [1.807, 2.05) is 24.3 Å². The van der Waals surface area contributed by atoms with Crippen molar-refractivity contribution in [3.63, 3.8) is 0 Å². The maximum absolute atomic E-state index is 11.7. The van der Waals surface area contributed by atoms with Crippen molar-refractivity contribution in [2.24, 2.45) is 0 Å². The number of likely N-dealkylation sites (N-methyl/N-ethyl adjacent to an activating group) is 1. The maximum atomic E-state index is 11.7. The molecule has 1 aromatic rings. The Balaban J connectivity index is 2.27. The number of nitrogens with one attached hydrogen (secondary N) is 4. The van der Waals surface area contributed by atoms with Crippen LogP contribution in [0, 0.1) is 0 Å². The van der Waals surface area contributed by atoms with Gasteiger partial charge in [0.1, 0.15) is 0 Å². The summed E-state index contributed by atoms with van der Waals surface area (Å²) in [5.41, 5.74) is 1.86. The Kier molecular flexibility index (Phi) is 7.63. The Hall–Kier alpha value is -2.41. The highest BCUT2D eigenvalue weighted by molar-refractivity contribution is 5.95. The third-order valence-electron chi connectivity index (χ3n) is 2.88. The average Bonchev–Trinajstić information content (AvgIpc) is 2.52. The Morgan fingerprint density at radius 1 is 0.864 bits per heavy atom. The number of hydrogen-bond acceptors (Lipinski definition) is 4. The summed E-state index contributed by atoms with van der Waals surface area (Å²) >= 11 is 0. The van der Waals surface area contributed by atoms with E-state index in [0.29, 0.717) is 5.69 Å². The maximum Gasteiger partial charge on any atom is 0.243 e. The van der Waals surface area contributed by atoms with E-state index < -0.39 is 5.91 Å². The van der Waals surface area contributed by atoms with Crippen LogP contribution in [0.3, 0.4) is 0 Å². The topological polar surface area (TPSA) is 99.3 Å². The van der Waals surface area contributed by atoms with E-state index in [0.717, 1.165) is 6.42 Å². The van der Waals surface area contributed by atoms with Crippen LogP contribution in [0.1, 0.15) is 12.5 Å². The van der Waals surface area contributed by atoms with Gasteiger partial charge < -0.3 is 21.3 Å². The van der Waals surface area contributed by atoms with Gasteiger partial charge in [0.15, 0.2) is 0 Å². The molecule has 1 rings (SSSR count). The summed E-state index contributed by atoms with van der Waals surface area (Å²) in [6, 6.07) is 7.50. The molecule has 0 fully saturated rings. The minimum Gasteiger partial charge on any atom is -0.346 e.